The number of benzene rings is 2. The molecule has 0 amide bonds. The maximum atomic E-state index is 9.39. The second-order valence-corrected chi connectivity index (χ2v) is 5.98. The Hall–Kier alpha value is -3.08. The molecule has 0 radical (unpaired) electrons. The number of aromatic nitrogens is 1. The minimum Gasteiger partial charge on any atom is -0.497 e. The van der Waals surface area contributed by atoms with Crippen molar-refractivity contribution in [3.63, 3.8) is 0 Å². The molecule has 0 aliphatic carbocycles. The molecule has 3 rings (SSSR count). The van der Waals surface area contributed by atoms with Gasteiger partial charge in [0.15, 0.2) is 0 Å². The average Bonchev–Trinajstić information content (AvgIpc) is 2.68. The predicted molar refractivity (Wildman–Crippen MR) is 104 cm³/mol. The Morgan fingerprint density at radius 1 is 1.08 bits per heavy atom. The summed E-state index contributed by atoms with van der Waals surface area (Å²) in [5.41, 5.74) is 5.14. The largest absolute Gasteiger partial charge is 0.497 e. The van der Waals surface area contributed by atoms with E-state index in [1.807, 2.05) is 56.3 Å². The van der Waals surface area contributed by atoms with Crippen molar-refractivity contribution >= 4 is 16.6 Å². The summed E-state index contributed by atoms with van der Waals surface area (Å²) in [6.45, 7) is 3.91. The molecule has 0 bridgehead atoms. The van der Waals surface area contributed by atoms with Crippen LogP contribution in [0.5, 0.6) is 11.5 Å². The summed E-state index contributed by atoms with van der Waals surface area (Å²) in [5.74, 6) is 1.45. The van der Waals surface area contributed by atoms with Gasteiger partial charge in [0.25, 0.3) is 0 Å². The Balaban J connectivity index is 2.33. The van der Waals surface area contributed by atoms with E-state index in [9.17, 15) is 5.21 Å². The van der Waals surface area contributed by atoms with Crippen molar-refractivity contribution in [3.05, 3.63) is 53.7 Å². The first-order valence-electron chi connectivity index (χ1n) is 8.47. The van der Waals surface area contributed by atoms with Gasteiger partial charge in [-0.25, -0.2) is 0 Å². The Morgan fingerprint density at radius 2 is 1.88 bits per heavy atom. The minimum absolute atomic E-state index is 0.630. The highest BCUT2D eigenvalue weighted by Gasteiger charge is 2.15. The van der Waals surface area contributed by atoms with Crippen LogP contribution in [0.1, 0.15) is 24.6 Å². The lowest BCUT2D eigenvalue weighted by molar-refractivity contribution is 0.318. The van der Waals surface area contributed by atoms with Crippen LogP contribution in [0.2, 0.25) is 0 Å². The maximum Gasteiger partial charge on any atom is 0.130 e. The fourth-order valence-electron chi connectivity index (χ4n) is 3.17. The van der Waals surface area contributed by atoms with Crippen molar-refractivity contribution in [2.24, 2.45) is 5.16 Å². The van der Waals surface area contributed by atoms with E-state index < -0.39 is 0 Å². The first kappa shape index (κ1) is 17.7. The Labute approximate surface area is 152 Å². The summed E-state index contributed by atoms with van der Waals surface area (Å²) >= 11 is 0. The summed E-state index contributed by atoms with van der Waals surface area (Å²) in [4.78, 5) is 4.76. The van der Waals surface area contributed by atoms with Gasteiger partial charge < -0.3 is 14.7 Å². The number of aryl methyl sites for hydroxylation is 1. The van der Waals surface area contributed by atoms with Gasteiger partial charge in [0, 0.05) is 33.8 Å². The molecule has 0 atom stereocenters. The number of hydrogen-bond acceptors (Lipinski definition) is 5. The van der Waals surface area contributed by atoms with Crippen molar-refractivity contribution in [1.29, 1.82) is 0 Å². The number of para-hydroxylation sites is 1. The van der Waals surface area contributed by atoms with Crippen LogP contribution in [0.25, 0.3) is 22.0 Å². The number of oxime groups is 1. The molecule has 134 valence electrons. The van der Waals surface area contributed by atoms with Crippen molar-refractivity contribution < 1.29 is 14.7 Å². The van der Waals surface area contributed by atoms with E-state index in [-0.39, 0.29) is 0 Å². The van der Waals surface area contributed by atoms with Gasteiger partial charge >= 0.3 is 0 Å². The molecule has 0 saturated heterocycles. The van der Waals surface area contributed by atoms with Crippen LogP contribution in [0.3, 0.4) is 0 Å². The van der Waals surface area contributed by atoms with Crippen molar-refractivity contribution in [1.82, 2.24) is 4.98 Å². The predicted octanol–water partition coefficient (Wildman–Crippen LogP) is 4.82. The molecule has 1 N–H and O–H groups in total. The molecule has 0 aliphatic heterocycles. The Kier molecular flexibility index (Phi) is 5.07. The molecule has 3 aromatic rings. The van der Waals surface area contributed by atoms with Crippen LogP contribution < -0.4 is 9.47 Å². The van der Waals surface area contributed by atoms with Gasteiger partial charge in [-0.2, -0.15) is 0 Å². The fourth-order valence-corrected chi connectivity index (χ4v) is 3.17. The molecular formula is C21H22N2O3. The van der Waals surface area contributed by atoms with Crippen molar-refractivity contribution in [2.75, 3.05) is 14.2 Å². The van der Waals surface area contributed by atoms with E-state index in [0.717, 1.165) is 39.0 Å². The molecule has 0 saturated carbocycles. The van der Waals surface area contributed by atoms with E-state index in [1.54, 1.807) is 14.2 Å². The SMILES string of the molecule is CC/C(=N\O)c1cc(C)nc2c(-c3ccc(OC)cc3OC)cccc12. The molecule has 0 spiro atoms. The van der Waals surface area contributed by atoms with E-state index in [4.69, 9.17) is 14.5 Å². The van der Waals surface area contributed by atoms with Gasteiger partial charge in [-0.1, -0.05) is 30.3 Å². The number of rotatable bonds is 5. The van der Waals surface area contributed by atoms with Crippen LogP contribution in [0, 0.1) is 6.92 Å². The highest BCUT2D eigenvalue weighted by molar-refractivity contribution is 6.12. The number of nitrogens with zero attached hydrogens (tertiary/aromatic N) is 2. The lowest BCUT2D eigenvalue weighted by atomic mass is 9.96. The van der Waals surface area contributed by atoms with Gasteiger partial charge in [-0.3, -0.25) is 4.98 Å². The molecule has 0 unspecified atom stereocenters. The zero-order valence-corrected chi connectivity index (χ0v) is 15.4. The summed E-state index contributed by atoms with van der Waals surface area (Å²) in [7, 11) is 3.27. The third-order valence-corrected chi connectivity index (χ3v) is 4.43. The molecule has 26 heavy (non-hydrogen) atoms. The molecule has 5 nitrogen and oxygen atoms in total. The standard InChI is InChI=1S/C21H22N2O3/c1-5-19(23-24)18-11-13(2)22-21-16(7-6-8-17(18)21)15-10-9-14(25-3)12-20(15)26-4/h6-12,24H,5H2,1-4H3/b23-19+. The van der Waals surface area contributed by atoms with Gasteiger partial charge in [0.1, 0.15) is 11.5 Å². The van der Waals surface area contributed by atoms with Gasteiger partial charge in [-0.05, 0) is 31.5 Å². The summed E-state index contributed by atoms with van der Waals surface area (Å²) < 4.78 is 10.9. The quantitative estimate of drug-likeness (QED) is 0.407. The topological polar surface area (TPSA) is 63.9 Å². The molecule has 1 aromatic heterocycles. The van der Waals surface area contributed by atoms with Gasteiger partial charge in [-0.15, -0.1) is 0 Å². The number of hydrogen-bond donors (Lipinski definition) is 1. The van der Waals surface area contributed by atoms with E-state index in [1.165, 1.54) is 0 Å². The third kappa shape index (κ3) is 3.08. The molecule has 2 aromatic carbocycles. The first-order chi connectivity index (χ1) is 12.6. The summed E-state index contributed by atoms with van der Waals surface area (Å²) in [6.07, 6.45) is 0.630. The second-order valence-electron chi connectivity index (χ2n) is 5.98. The van der Waals surface area contributed by atoms with Crippen LogP contribution in [-0.2, 0) is 0 Å². The lowest BCUT2D eigenvalue weighted by Gasteiger charge is -2.14. The van der Waals surface area contributed by atoms with Gasteiger partial charge in [0.05, 0.1) is 25.4 Å². The van der Waals surface area contributed by atoms with E-state index >= 15 is 0 Å². The molecule has 0 aliphatic rings. The number of pyridine rings is 1. The van der Waals surface area contributed by atoms with Crippen LogP contribution in [-0.4, -0.2) is 30.1 Å². The number of ether oxygens (including phenoxy) is 2. The number of fused-ring (bicyclic) bond motifs is 1. The van der Waals surface area contributed by atoms with Crippen molar-refractivity contribution in [2.45, 2.75) is 20.3 Å². The highest BCUT2D eigenvalue weighted by Crippen LogP contribution is 2.37. The average molecular weight is 350 g/mol. The molecule has 5 heteroatoms. The summed E-state index contributed by atoms with van der Waals surface area (Å²) in [6, 6.07) is 13.7. The highest BCUT2D eigenvalue weighted by atomic mass is 16.5. The lowest BCUT2D eigenvalue weighted by Crippen LogP contribution is -2.03. The third-order valence-electron chi connectivity index (χ3n) is 4.43. The summed E-state index contributed by atoms with van der Waals surface area (Å²) in [5, 5.41) is 13.8. The van der Waals surface area contributed by atoms with Gasteiger partial charge in [0.2, 0.25) is 0 Å². The normalized spacial score (nSPS) is 11.6. The monoisotopic (exact) mass is 350 g/mol. The van der Waals surface area contributed by atoms with Crippen LogP contribution >= 0.6 is 0 Å². The Morgan fingerprint density at radius 3 is 2.54 bits per heavy atom. The second kappa shape index (κ2) is 7.44. The van der Waals surface area contributed by atoms with E-state index in [2.05, 4.69) is 5.16 Å². The smallest absolute Gasteiger partial charge is 0.130 e. The zero-order chi connectivity index (χ0) is 18.7. The first-order valence-corrected chi connectivity index (χ1v) is 8.47. The maximum absolute atomic E-state index is 9.39. The van der Waals surface area contributed by atoms with E-state index in [0.29, 0.717) is 17.9 Å². The molecular weight excluding hydrogens is 328 g/mol. The Bertz CT molecular complexity index is 980. The number of methoxy groups -OCH3 is 2. The van der Waals surface area contributed by atoms with Crippen LogP contribution in [0.4, 0.5) is 0 Å². The molecule has 1 heterocycles. The fraction of sp³-hybridized carbons (Fsp3) is 0.238. The zero-order valence-electron chi connectivity index (χ0n) is 15.4. The van der Waals surface area contributed by atoms with Crippen molar-refractivity contribution in [3.8, 4) is 22.6 Å². The molecule has 0 fully saturated rings. The van der Waals surface area contributed by atoms with Crippen LogP contribution in [0.15, 0.2) is 47.6 Å². The minimum atomic E-state index is 0.630.